The minimum absolute atomic E-state index is 0.157. The Morgan fingerprint density at radius 3 is 2.90 bits per heavy atom. The van der Waals surface area contributed by atoms with E-state index in [1.807, 2.05) is 13.0 Å². The third-order valence-electron chi connectivity index (χ3n) is 4.86. The average Bonchev–Trinajstić information content (AvgIpc) is 2.79. The summed E-state index contributed by atoms with van der Waals surface area (Å²) in [6.07, 6.45) is 5.43. The van der Waals surface area contributed by atoms with Crippen LogP contribution in [0, 0.1) is 5.92 Å². The minimum Gasteiger partial charge on any atom is -0.335 e. The van der Waals surface area contributed by atoms with Crippen molar-refractivity contribution in [2.75, 3.05) is 26.2 Å². The Bertz CT molecular complexity index is 498. The maximum atomic E-state index is 12.8. The van der Waals surface area contributed by atoms with Gasteiger partial charge in [0.25, 0.3) is 5.91 Å². The first-order valence-electron chi connectivity index (χ1n) is 8.28. The second kappa shape index (κ2) is 6.18. The summed E-state index contributed by atoms with van der Waals surface area (Å²) in [5, 5.41) is 4.23. The van der Waals surface area contributed by atoms with E-state index >= 15 is 0 Å². The molecule has 1 amide bonds. The summed E-state index contributed by atoms with van der Waals surface area (Å²) in [6, 6.07) is 2.40. The van der Waals surface area contributed by atoms with Crippen molar-refractivity contribution < 1.29 is 4.79 Å². The predicted octanol–water partition coefficient (Wildman–Crippen LogP) is 1.85. The first-order valence-corrected chi connectivity index (χ1v) is 8.28. The summed E-state index contributed by atoms with van der Waals surface area (Å²) in [7, 11) is 0. The molecular weight excluding hydrogens is 264 g/mol. The molecule has 0 radical (unpaired) electrons. The van der Waals surface area contributed by atoms with E-state index in [0.717, 1.165) is 38.4 Å². The van der Waals surface area contributed by atoms with Crippen LogP contribution in [-0.4, -0.2) is 57.7 Å². The van der Waals surface area contributed by atoms with Gasteiger partial charge in [0, 0.05) is 38.4 Å². The molecule has 0 N–H and O–H groups in total. The van der Waals surface area contributed by atoms with E-state index in [0.29, 0.717) is 12.0 Å². The fourth-order valence-electron chi connectivity index (χ4n) is 3.83. The van der Waals surface area contributed by atoms with Crippen LogP contribution in [0.1, 0.15) is 43.6 Å². The van der Waals surface area contributed by atoms with Gasteiger partial charge >= 0.3 is 0 Å². The van der Waals surface area contributed by atoms with Crippen LogP contribution in [0.3, 0.4) is 0 Å². The van der Waals surface area contributed by atoms with Crippen LogP contribution in [0.4, 0.5) is 0 Å². The van der Waals surface area contributed by atoms with Crippen molar-refractivity contribution in [2.45, 2.75) is 45.7 Å². The number of rotatable bonds is 4. The first kappa shape index (κ1) is 14.6. The number of fused-ring (bicyclic) bond motifs is 4. The number of nitrogens with zero attached hydrogens (tertiary/aromatic N) is 4. The van der Waals surface area contributed by atoms with Gasteiger partial charge in [-0.25, -0.2) is 0 Å². The summed E-state index contributed by atoms with van der Waals surface area (Å²) in [5.74, 6) is 0.793. The van der Waals surface area contributed by atoms with E-state index in [4.69, 9.17) is 0 Å². The summed E-state index contributed by atoms with van der Waals surface area (Å²) in [5.41, 5.74) is 0.737. The zero-order valence-electron chi connectivity index (χ0n) is 13.2. The summed E-state index contributed by atoms with van der Waals surface area (Å²) in [6.45, 7) is 9.12. The molecule has 116 valence electrons. The Kier molecular flexibility index (Phi) is 4.29. The van der Waals surface area contributed by atoms with Crippen molar-refractivity contribution >= 4 is 5.91 Å². The molecule has 3 fully saturated rings. The molecule has 3 aliphatic rings. The van der Waals surface area contributed by atoms with E-state index in [-0.39, 0.29) is 5.91 Å². The van der Waals surface area contributed by atoms with Gasteiger partial charge in [-0.3, -0.25) is 14.4 Å². The van der Waals surface area contributed by atoms with Gasteiger partial charge in [0.15, 0.2) is 0 Å². The van der Waals surface area contributed by atoms with Crippen LogP contribution in [0.15, 0.2) is 12.3 Å². The van der Waals surface area contributed by atoms with Crippen LogP contribution in [0.25, 0.3) is 0 Å². The molecule has 0 unspecified atom stereocenters. The standard InChI is InChI=1S/C16H26N4O/c1-3-9-18-10-13-5-6-14(18)12-19(11-13)16(21)15-7-8-17-20(15)4-2/h7-8,13-14H,3-6,9-12H2,1-2H3/t13-,14-/m1/s1. The number of carbonyl (C=O) groups excluding carboxylic acids is 1. The monoisotopic (exact) mass is 290 g/mol. The molecule has 0 aromatic carbocycles. The topological polar surface area (TPSA) is 41.4 Å². The highest BCUT2D eigenvalue weighted by Crippen LogP contribution is 2.28. The average molecular weight is 290 g/mol. The lowest BCUT2D eigenvalue weighted by Gasteiger charge is -2.35. The SMILES string of the molecule is CCCN1C[C@H]2CC[C@@H]1CN(C(=O)c1ccnn1CC)C2. The van der Waals surface area contributed by atoms with Crippen LogP contribution >= 0.6 is 0 Å². The van der Waals surface area contributed by atoms with E-state index in [1.165, 1.54) is 19.3 Å². The largest absolute Gasteiger partial charge is 0.335 e. The number of aryl methyl sites for hydroxylation is 1. The molecule has 2 bridgehead atoms. The molecule has 0 aliphatic carbocycles. The molecule has 3 aliphatic heterocycles. The Morgan fingerprint density at radius 2 is 2.14 bits per heavy atom. The van der Waals surface area contributed by atoms with Gasteiger partial charge in [-0.2, -0.15) is 5.10 Å². The number of carbonyl (C=O) groups is 1. The molecule has 1 aromatic heterocycles. The predicted molar refractivity (Wildman–Crippen MR) is 82.2 cm³/mol. The molecule has 5 heteroatoms. The number of hydrogen-bond acceptors (Lipinski definition) is 3. The van der Waals surface area contributed by atoms with Crippen LogP contribution in [0.5, 0.6) is 0 Å². The molecule has 1 aromatic rings. The van der Waals surface area contributed by atoms with Crippen LogP contribution < -0.4 is 0 Å². The van der Waals surface area contributed by atoms with E-state index in [9.17, 15) is 4.79 Å². The van der Waals surface area contributed by atoms with E-state index < -0.39 is 0 Å². The molecular formula is C16H26N4O. The number of amides is 1. The van der Waals surface area contributed by atoms with Crippen molar-refractivity contribution in [1.82, 2.24) is 19.6 Å². The minimum atomic E-state index is 0.157. The van der Waals surface area contributed by atoms with Gasteiger partial charge in [0.1, 0.15) is 5.69 Å². The molecule has 4 heterocycles. The van der Waals surface area contributed by atoms with Crippen LogP contribution in [0.2, 0.25) is 0 Å². The maximum Gasteiger partial charge on any atom is 0.272 e. The van der Waals surface area contributed by atoms with Crippen molar-refractivity contribution in [3.8, 4) is 0 Å². The van der Waals surface area contributed by atoms with Gasteiger partial charge in [0.05, 0.1) is 0 Å². The Hall–Kier alpha value is -1.36. The second-order valence-corrected chi connectivity index (χ2v) is 6.33. The highest BCUT2D eigenvalue weighted by atomic mass is 16.2. The third kappa shape index (κ3) is 2.84. The zero-order chi connectivity index (χ0) is 14.8. The maximum absolute atomic E-state index is 12.8. The number of piperidine rings is 1. The highest BCUT2D eigenvalue weighted by molar-refractivity contribution is 5.92. The zero-order valence-corrected chi connectivity index (χ0v) is 13.2. The lowest BCUT2D eigenvalue weighted by molar-refractivity contribution is 0.0725. The Balaban J connectivity index is 1.76. The summed E-state index contributed by atoms with van der Waals surface area (Å²) in [4.78, 5) is 17.5. The molecule has 3 saturated heterocycles. The second-order valence-electron chi connectivity index (χ2n) is 6.33. The van der Waals surface area contributed by atoms with E-state index in [2.05, 4.69) is 21.8 Å². The fraction of sp³-hybridized carbons (Fsp3) is 0.750. The van der Waals surface area contributed by atoms with Gasteiger partial charge in [-0.15, -0.1) is 0 Å². The molecule has 4 rings (SSSR count). The highest BCUT2D eigenvalue weighted by Gasteiger charge is 2.36. The lowest BCUT2D eigenvalue weighted by Crippen LogP contribution is -2.44. The van der Waals surface area contributed by atoms with Crippen molar-refractivity contribution in [3.63, 3.8) is 0 Å². The summed E-state index contributed by atoms with van der Waals surface area (Å²) < 4.78 is 1.80. The third-order valence-corrected chi connectivity index (χ3v) is 4.86. The van der Waals surface area contributed by atoms with Gasteiger partial charge in [-0.1, -0.05) is 6.92 Å². The Morgan fingerprint density at radius 1 is 1.29 bits per heavy atom. The lowest BCUT2D eigenvalue weighted by atomic mass is 9.95. The van der Waals surface area contributed by atoms with Gasteiger partial charge in [0.2, 0.25) is 0 Å². The number of aromatic nitrogens is 2. The summed E-state index contributed by atoms with van der Waals surface area (Å²) >= 11 is 0. The molecule has 5 nitrogen and oxygen atoms in total. The van der Waals surface area contributed by atoms with Gasteiger partial charge < -0.3 is 4.90 Å². The molecule has 0 spiro atoms. The Labute approximate surface area is 126 Å². The normalized spacial score (nSPS) is 26.1. The molecule has 2 atom stereocenters. The van der Waals surface area contributed by atoms with Crippen molar-refractivity contribution in [2.24, 2.45) is 5.92 Å². The number of hydrogen-bond donors (Lipinski definition) is 0. The van der Waals surface area contributed by atoms with Gasteiger partial charge in [-0.05, 0) is 44.7 Å². The fourth-order valence-corrected chi connectivity index (χ4v) is 3.83. The van der Waals surface area contributed by atoms with E-state index in [1.54, 1.807) is 10.9 Å². The quantitative estimate of drug-likeness (QED) is 0.850. The van der Waals surface area contributed by atoms with Crippen LogP contribution in [-0.2, 0) is 6.54 Å². The molecule has 0 saturated carbocycles. The van der Waals surface area contributed by atoms with Crippen molar-refractivity contribution in [1.29, 1.82) is 0 Å². The van der Waals surface area contributed by atoms with Crippen molar-refractivity contribution in [3.05, 3.63) is 18.0 Å². The first-order chi connectivity index (χ1) is 10.2. The smallest absolute Gasteiger partial charge is 0.272 e. The molecule has 21 heavy (non-hydrogen) atoms.